The number of urea groups is 1. The van der Waals surface area contributed by atoms with Crippen LogP contribution in [0.3, 0.4) is 0 Å². The van der Waals surface area contributed by atoms with Crippen LogP contribution < -0.4 is 16.8 Å². The van der Waals surface area contributed by atoms with Crippen molar-refractivity contribution in [1.29, 1.82) is 0 Å². The summed E-state index contributed by atoms with van der Waals surface area (Å²) in [6.07, 6.45) is 0. The van der Waals surface area contributed by atoms with Gasteiger partial charge >= 0.3 is 6.03 Å². The van der Waals surface area contributed by atoms with Crippen LogP contribution in [0.1, 0.15) is 16.1 Å². The van der Waals surface area contributed by atoms with Gasteiger partial charge in [0.25, 0.3) is 0 Å². The number of carbonyl (C=O) groups is 2. The van der Waals surface area contributed by atoms with Gasteiger partial charge in [0.1, 0.15) is 0 Å². The predicted molar refractivity (Wildman–Crippen MR) is 95.5 cm³/mol. The van der Waals surface area contributed by atoms with Gasteiger partial charge in [-0.2, -0.15) is 5.10 Å². The van der Waals surface area contributed by atoms with Gasteiger partial charge in [-0.05, 0) is 49.4 Å². The Hall–Kier alpha value is -3.61. The first-order chi connectivity index (χ1) is 11.9. The minimum absolute atomic E-state index is 0.452. The van der Waals surface area contributed by atoms with Crippen molar-refractivity contribution in [2.75, 3.05) is 5.32 Å². The first-order valence-electron chi connectivity index (χ1n) is 7.58. The molecule has 3 amide bonds. The van der Waals surface area contributed by atoms with Gasteiger partial charge in [0.15, 0.2) is 0 Å². The predicted octanol–water partition coefficient (Wildman–Crippen LogP) is 2.44. The van der Waals surface area contributed by atoms with Crippen LogP contribution in [-0.4, -0.2) is 21.7 Å². The number of nitrogens with zero attached hydrogens (tertiary/aromatic N) is 2. The van der Waals surface area contributed by atoms with E-state index in [2.05, 4.69) is 10.4 Å². The van der Waals surface area contributed by atoms with E-state index in [1.807, 2.05) is 37.3 Å². The highest BCUT2D eigenvalue weighted by Gasteiger charge is 2.11. The number of primary amides is 2. The molecule has 0 spiro atoms. The van der Waals surface area contributed by atoms with Crippen LogP contribution in [0.25, 0.3) is 16.9 Å². The Labute approximate surface area is 144 Å². The quantitative estimate of drug-likeness (QED) is 0.680. The summed E-state index contributed by atoms with van der Waals surface area (Å²) in [6.45, 7) is 1.90. The summed E-state index contributed by atoms with van der Waals surface area (Å²) in [4.78, 5) is 22.1. The maximum absolute atomic E-state index is 11.2. The molecule has 1 aromatic heterocycles. The van der Waals surface area contributed by atoms with Gasteiger partial charge in [0.2, 0.25) is 5.91 Å². The highest BCUT2D eigenvalue weighted by atomic mass is 16.2. The number of nitrogens with one attached hydrogen (secondary N) is 1. The molecule has 7 heteroatoms. The number of aryl methyl sites for hydroxylation is 1. The Morgan fingerprint density at radius 3 is 2.20 bits per heavy atom. The van der Waals surface area contributed by atoms with Crippen molar-refractivity contribution in [1.82, 2.24) is 9.78 Å². The lowest BCUT2D eigenvalue weighted by molar-refractivity contribution is 0.100. The first kappa shape index (κ1) is 16.3. The maximum atomic E-state index is 11.2. The molecule has 0 unspecified atom stereocenters. The van der Waals surface area contributed by atoms with Crippen LogP contribution in [-0.2, 0) is 0 Å². The van der Waals surface area contributed by atoms with Gasteiger partial charge in [-0.3, -0.25) is 4.79 Å². The fourth-order valence-corrected chi connectivity index (χ4v) is 2.54. The van der Waals surface area contributed by atoms with E-state index >= 15 is 0 Å². The van der Waals surface area contributed by atoms with Crippen molar-refractivity contribution in [3.05, 3.63) is 65.9 Å². The summed E-state index contributed by atoms with van der Waals surface area (Å²) in [7, 11) is 0. The van der Waals surface area contributed by atoms with Crippen molar-refractivity contribution in [2.24, 2.45) is 11.5 Å². The average molecular weight is 335 g/mol. The molecule has 2 aromatic carbocycles. The molecule has 5 N–H and O–H groups in total. The molecule has 25 heavy (non-hydrogen) atoms. The molecule has 0 aliphatic carbocycles. The highest BCUT2D eigenvalue weighted by molar-refractivity contribution is 5.93. The molecule has 7 nitrogen and oxygen atoms in total. The molecule has 0 fully saturated rings. The minimum Gasteiger partial charge on any atom is -0.366 e. The molecule has 0 aliphatic heterocycles. The smallest absolute Gasteiger partial charge is 0.316 e. The zero-order valence-electron chi connectivity index (χ0n) is 13.6. The third-order valence-corrected chi connectivity index (χ3v) is 3.68. The Bertz CT molecular complexity index is 927. The molecule has 3 aromatic rings. The van der Waals surface area contributed by atoms with E-state index in [-0.39, 0.29) is 0 Å². The molecule has 126 valence electrons. The highest BCUT2D eigenvalue weighted by Crippen LogP contribution is 2.25. The van der Waals surface area contributed by atoms with Crippen molar-refractivity contribution in [3.8, 4) is 16.9 Å². The van der Waals surface area contributed by atoms with Crippen LogP contribution in [0.5, 0.6) is 0 Å². The summed E-state index contributed by atoms with van der Waals surface area (Å²) in [5, 5.41) is 7.04. The van der Waals surface area contributed by atoms with E-state index in [1.165, 1.54) is 0 Å². The largest absolute Gasteiger partial charge is 0.366 e. The van der Waals surface area contributed by atoms with Crippen molar-refractivity contribution in [3.63, 3.8) is 0 Å². The topological polar surface area (TPSA) is 116 Å². The summed E-state index contributed by atoms with van der Waals surface area (Å²) in [5.41, 5.74) is 14.9. The Balaban J connectivity index is 1.98. The second-order valence-electron chi connectivity index (χ2n) is 5.56. The Kier molecular flexibility index (Phi) is 4.21. The van der Waals surface area contributed by atoms with E-state index in [1.54, 1.807) is 28.9 Å². The monoisotopic (exact) mass is 335 g/mol. The maximum Gasteiger partial charge on any atom is 0.316 e. The van der Waals surface area contributed by atoms with Gasteiger partial charge in [-0.15, -0.1) is 0 Å². The third-order valence-electron chi connectivity index (χ3n) is 3.68. The average Bonchev–Trinajstić information content (AvgIpc) is 2.97. The summed E-state index contributed by atoms with van der Waals surface area (Å²) in [6, 6.07) is 15.5. The lowest BCUT2D eigenvalue weighted by atomic mass is 10.1. The second kappa shape index (κ2) is 6.48. The van der Waals surface area contributed by atoms with Crippen molar-refractivity contribution >= 4 is 17.6 Å². The number of hydrogen-bond acceptors (Lipinski definition) is 3. The van der Waals surface area contributed by atoms with Gasteiger partial charge < -0.3 is 16.8 Å². The lowest BCUT2D eigenvalue weighted by Gasteiger charge is -2.09. The van der Waals surface area contributed by atoms with Crippen LogP contribution in [0, 0.1) is 6.92 Å². The van der Waals surface area contributed by atoms with E-state index in [0.717, 1.165) is 22.6 Å². The van der Waals surface area contributed by atoms with E-state index in [0.29, 0.717) is 11.3 Å². The fourth-order valence-electron chi connectivity index (χ4n) is 2.54. The Morgan fingerprint density at radius 2 is 1.64 bits per heavy atom. The summed E-state index contributed by atoms with van der Waals surface area (Å²) in [5.74, 6) is -0.464. The number of nitrogens with two attached hydrogens (primary N) is 2. The van der Waals surface area contributed by atoms with Crippen molar-refractivity contribution in [2.45, 2.75) is 6.92 Å². The van der Waals surface area contributed by atoms with Gasteiger partial charge in [0.05, 0.1) is 17.1 Å². The van der Waals surface area contributed by atoms with Crippen LogP contribution in [0.15, 0.2) is 54.6 Å². The van der Waals surface area contributed by atoms with Gasteiger partial charge in [0, 0.05) is 16.8 Å². The lowest BCUT2D eigenvalue weighted by Crippen LogP contribution is -2.19. The number of amides is 3. The number of rotatable bonds is 4. The molecule has 0 bridgehead atoms. The van der Waals surface area contributed by atoms with Crippen LogP contribution >= 0.6 is 0 Å². The zero-order chi connectivity index (χ0) is 18.0. The molecule has 0 atom stereocenters. The molecule has 1 heterocycles. The molecule has 0 aliphatic rings. The van der Waals surface area contributed by atoms with E-state index < -0.39 is 11.9 Å². The molecule has 0 radical (unpaired) electrons. The Morgan fingerprint density at radius 1 is 1.00 bits per heavy atom. The van der Waals surface area contributed by atoms with Gasteiger partial charge in [-0.1, -0.05) is 12.1 Å². The first-order valence-corrected chi connectivity index (χ1v) is 7.58. The zero-order valence-corrected chi connectivity index (χ0v) is 13.6. The summed E-state index contributed by atoms with van der Waals surface area (Å²) >= 11 is 0. The van der Waals surface area contributed by atoms with Gasteiger partial charge in [-0.25, -0.2) is 9.48 Å². The van der Waals surface area contributed by atoms with Crippen LogP contribution in [0.2, 0.25) is 0 Å². The third kappa shape index (κ3) is 3.50. The SMILES string of the molecule is Cc1cc(-c2ccc(C(N)=O)cc2)n(-c2ccc(NC(N)=O)cc2)n1. The molecular formula is C18H17N5O2. The minimum atomic E-state index is -0.613. The van der Waals surface area contributed by atoms with E-state index in [4.69, 9.17) is 11.5 Å². The standard InChI is InChI=1S/C18H17N5O2/c1-11-10-16(12-2-4-13(5-3-12)17(19)24)23(22-11)15-8-6-14(7-9-15)21-18(20)25/h2-10H,1H3,(H2,19,24)(H3,20,21,25). The normalized spacial score (nSPS) is 10.4. The number of carbonyl (C=O) groups excluding carboxylic acids is 2. The second-order valence-corrected chi connectivity index (χ2v) is 5.56. The summed E-state index contributed by atoms with van der Waals surface area (Å²) < 4.78 is 1.79. The number of aromatic nitrogens is 2. The molecule has 0 saturated heterocycles. The van der Waals surface area contributed by atoms with E-state index in [9.17, 15) is 9.59 Å². The number of hydrogen-bond donors (Lipinski definition) is 3. The van der Waals surface area contributed by atoms with Crippen LogP contribution in [0.4, 0.5) is 10.5 Å². The van der Waals surface area contributed by atoms with Crippen molar-refractivity contribution < 1.29 is 9.59 Å². The molecule has 3 rings (SSSR count). The fraction of sp³-hybridized carbons (Fsp3) is 0.0556. The molecular weight excluding hydrogens is 318 g/mol. The number of anilines is 1. The molecule has 0 saturated carbocycles. The number of benzene rings is 2.